The minimum atomic E-state index is -0.176. The molecule has 4 heteroatoms. The number of benzene rings is 1. The minimum absolute atomic E-state index is 0.108. The molecule has 1 aliphatic rings. The number of amides is 1. The van der Waals surface area contributed by atoms with Crippen LogP contribution in [-0.4, -0.2) is 29.9 Å². The van der Waals surface area contributed by atoms with E-state index in [2.05, 4.69) is 25.2 Å². The topological polar surface area (TPSA) is 56.1 Å². The van der Waals surface area contributed by atoms with E-state index in [-0.39, 0.29) is 11.9 Å². The lowest BCUT2D eigenvalue weighted by molar-refractivity contribution is -0.127. The molecule has 1 fully saturated rings. The van der Waals surface area contributed by atoms with Crippen LogP contribution < -0.4 is 5.32 Å². The highest BCUT2D eigenvalue weighted by atomic mass is 16.2. The average molecular weight is 327 g/mol. The number of carbonyl (C=O) groups excluding carboxylic acids is 1. The van der Waals surface area contributed by atoms with Crippen LogP contribution in [0.5, 0.6) is 0 Å². The van der Waals surface area contributed by atoms with Gasteiger partial charge in [-0.15, -0.1) is 0 Å². The van der Waals surface area contributed by atoms with Crippen LogP contribution in [-0.2, 0) is 11.3 Å². The minimum Gasteiger partial charge on any atom is -0.352 e. The molecular weight excluding hydrogens is 298 g/mol. The fourth-order valence-corrected chi connectivity index (χ4v) is 3.40. The highest BCUT2D eigenvalue weighted by molar-refractivity contribution is 5.81. The number of nitrogens with one attached hydrogen (secondary N) is 1. The number of hydrogen-bond donors (Lipinski definition) is 1. The number of nitriles is 1. The Labute approximate surface area is 145 Å². The van der Waals surface area contributed by atoms with E-state index in [9.17, 15) is 4.79 Å². The molecule has 1 aromatic carbocycles. The second-order valence-electron chi connectivity index (χ2n) is 7.28. The summed E-state index contributed by atoms with van der Waals surface area (Å²) in [5.74, 6) is 1.33. The SMILES string of the molecule is CC1CCCC(NC(=O)C(C)N(C)Cc2ccc(C#N)cc2)C1C. The van der Waals surface area contributed by atoms with Crippen molar-refractivity contribution in [2.24, 2.45) is 11.8 Å². The van der Waals surface area contributed by atoms with Crippen molar-refractivity contribution in [3.63, 3.8) is 0 Å². The summed E-state index contributed by atoms with van der Waals surface area (Å²) in [4.78, 5) is 14.6. The molecule has 1 N–H and O–H groups in total. The monoisotopic (exact) mass is 327 g/mol. The Morgan fingerprint density at radius 2 is 2.00 bits per heavy atom. The molecule has 0 saturated heterocycles. The van der Waals surface area contributed by atoms with Crippen molar-refractivity contribution in [2.75, 3.05) is 7.05 Å². The van der Waals surface area contributed by atoms with Gasteiger partial charge in [0.05, 0.1) is 17.7 Å². The molecule has 4 unspecified atom stereocenters. The van der Waals surface area contributed by atoms with Crippen molar-refractivity contribution < 1.29 is 4.79 Å². The Hall–Kier alpha value is -1.86. The van der Waals surface area contributed by atoms with Crippen LogP contribution >= 0.6 is 0 Å². The molecule has 1 amide bonds. The Balaban J connectivity index is 1.90. The summed E-state index contributed by atoms with van der Waals surface area (Å²) in [7, 11) is 1.97. The molecule has 2 rings (SSSR count). The normalized spacial score (nSPS) is 25.1. The van der Waals surface area contributed by atoms with Gasteiger partial charge in [-0.3, -0.25) is 9.69 Å². The van der Waals surface area contributed by atoms with Gasteiger partial charge >= 0.3 is 0 Å². The zero-order chi connectivity index (χ0) is 17.7. The van der Waals surface area contributed by atoms with Crippen molar-refractivity contribution >= 4 is 5.91 Å². The number of hydrogen-bond acceptors (Lipinski definition) is 3. The molecule has 1 saturated carbocycles. The summed E-state index contributed by atoms with van der Waals surface area (Å²) >= 11 is 0. The molecule has 0 aliphatic heterocycles. The highest BCUT2D eigenvalue weighted by Gasteiger charge is 2.30. The van der Waals surface area contributed by atoms with E-state index < -0.39 is 0 Å². The maximum absolute atomic E-state index is 12.6. The van der Waals surface area contributed by atoms with E-state index in [0.29, 0.717) is 30.0 Å². The zero-order valence-corrected chi connectivity index (χ0v) is 15.2. The summed E-state index contributed by atoms with van der Waals surface area (Å²) in [6, 6.07) is 9.78. The van der Waals surface area contributed by atoms with Crippen molar-refractivity contribution in [1.82, 2.24) is 10.2 Å². The lowest BCUT2D eigenvalue weighted by Gasteiger charge is -2.36. The molecule has 1 aromatic rings. The molecule has 0 heterocycles. The van der Waals surface area contributed by atoms with E-state index in [0.717, 1.165) is 12.0 Å². The van der Waals surface area contributed by atoms with Crippen LogP contribution in [0.25, 0.3) is 0 Å². The zero-order valence-electron chi connectivity index (χ0n) is 15.2. The van der Waals surface area contributed by atoms with Gasteiger partial charge in [0.2, 0.25) is 5.91 Å². The number of rotatable bonds is 5. The lowest BCUT2D eigenvalue weighted by Crippen LogP contribution is -2.50. The predicted molar refractivity (Wildman–Crippen MR) is 96.2 cm³/mol. The van der Waals surface area contributed by atoms with Gasteiger partial charge in [0, 0.05) is 12.6 Å². The Bertz CT molecular complexity index is 590. The molecule has 4 nitrogen and oxygen atoms in total. The quantitative estimate of drug-likeness (QED) is 0.902. The molecule has 1 aliphatic carbocycles. The van der Waals surface area contributed by atoms with Crippen molar-refractivity contribution in [3.05, 3.63) is 35.4 Å². The molecule has 24 heavy (non-hydrogen) atoms. The first-order chi connectivity index (χ1) is 11.4. The van der Waals surface area contributed by atoms with Gasteiger partial charge in [-0.05, 0) is 49.9 Å². The third-order valence-corrected chi connectivity index (χ3v) is 5.59. The number of carbonyl (C=O) groups is 1. The Morgan fingerprint density at radius 3 is 2.62 bits per heavy atom. The summed E-state index contributed by atoms with van der Waals surface area (Å²) in [5.41, 5.74) is 1.77. The number of nitrogens with zero attached hydrogens (tertiary/aromatic N) is 2. The average Bonchev–Trinajstić information content (AvgIpc) is 2.58. The fraction of sp³-hybridized carbons (Fsp3) is 0.600. The van der Waals surface area contributed by atoms with Gasteiger partial charge < -0.3 is 5.32 Å². The van der Waals surface area contributed by atoms with Crippen LogP contribution in [0.1, 0.15) is 51.2 Å². The lowest BCUT2D eigenvalue weighted by atomic mass is 9.78. The first kappa shape index (κ1) is 18.5. The van der Waals surface area contributed by atoms with E-state index in [1.54, 1.807) is 0 Å². The summed E-state index contributed by atoms with van der Waals surface area (Å²) < 4.78 is 0. The Morgan fingerprint density at radius 1 is 1.33 bits per heavy atom. The smallest absolute Gasteiger partial charge is 0.237 e. The third kappa shape index (κ3) is 4.58. The maximum atomic E-state index is 12.6. The van der Waals surface area contributed by atoms with Gasteiger partial charge in [0.15, 0.2) is 0 Å². The van der Waals surface area contributed by atoms with Gasteiger partial charge in [0.1, 0.15) is 0 Å². The molecule has 4 atom stereocenters. The van der Waals surface area contributed by atoms with Crippen molar-refractivity contribution in [3.8, 4) is 6.07 Å². The highest BCUT2D eigenvalue weighted by Crippen LogP contribution is 2.29. The second-order valence-corrected chi connectivity index (χ2v) is 7.28. The van der Waals surface area contributed by atoms with Gasteiger partial charge in [-0.2, -0.15) is 5.26 Å². The van der Waals surface area contributed by atoms with Crippen molar-refractivity contribution in [1.29, 1.82) is 5.26 Å². The molecule has 0 radical (unpaired) electrons. The molecule has 0 aromatic heterocycles. The van der Waals surface area contributed by atoms with Crippen molar-refractivity contribution in [2.45, 2.75) is 58.7 Å². The predicted octanol–water partition coefficient (Wildman–Crippen LogP) is 3.32. The summed E-state index contributed by atoms with van der Waals surface area (Å²) in [6.07, 6.45) is 3.55. The summed E-state index contributed by atoms with van der Waals surface area (Å²) in [5, 5.41) is 12.1. The third-order valence-electron chi connectivity index (χ3n) is 5.59. The first-order valence-corrected chi connectivity index (χ1v) is 8.92. The van der Waals surface area contributed by atoms with Crippen LogP contribution in [0.3, 0.4) is 0 Å². The molecule has 0 bridgehead atoms. The van der Waals surface area contributed by atoms with Crippen LogP contribution in [0.15, 0.2) is 24.3 Å². The van der Waals surface area contributed by atoms with Gasteiger partial charge in [-0.1, -0.05) is 38.8 Å². The van der Waals surface area contributed by atoms with Crippen LogP contribution in [0.4, 0.5) is 0 Å². The second kappa shape index (κ2) is 8.30. The van der Waals surface area contributed by atoms with E-state index in [4.69, 9.17) is 5.26 Å². The first-order valence-electron chi connectivity index (χ1n) is 8.92. The fourth-order valence-electron chi connectivity index (χ4n) is 3.40. The van der Waals surface area contributed by atoms with Gasteiger partial charge in [-0.25, -0.2) is 0 Å². The maximum Gasteiger partial charge on any atom is 0.237 e. The largest absolute Gasteiger partial charge is 0.352 e. The van der Waals surface area contributed by atoms with Gasteiger partial charge in [0.25, 0.3) is 0 Å². The Kier molecular flexibility index (Phi) is 6.39. The standard InChI is InChI=1S/C20H29N3O/c1-14-6-5-7-19(15(14)2)22-20(24)16(3)23(4)13-18-10-8-17(12-21)9-11-18/h8-11,14-16,19H,5-7,13H2,1-4H3,(H,22,24). The molecular formula is C20H29N3O. The summed E-state index contributed by atoms with van der Waals surface area (Å²) in [6.45, 7) is 7.18. The molecule has 0 spiro atoms. The van der Waals surface area contributed by atoms with E-state index in [1.165, 1.54) is 12.8 Å². The van der Waals surface area contributed by atoms with Crippen LogP contribution in [0.2, 0.25) is 0 Å². The van der Waals surface area contributed by atoms with Crippen LogP contribution in [0, 0.1) is 23.2 Å². The van der Waals surface area contributed by atoms with E-state index >= 15 is 0 Å². The molecule has 130 valence electrons. The number of likely N-dealkylation sites (N-methyl/N-ethyl adjacent to an activating group) is 1. The van der Waals surface area contributed by atoms with E-state index in [1.807, 2.05) is 43.1 Å².